The number of alkyl halides is 3. The number of carbonyl (C=O) groups excluding carboxylic acids is 1. The van der Waals surface area contributed by atoms with E-state index in [4.69, 9.17) is 0 Å². The number of halogens is 3. The topological polar surface area (TPSA) is 118 Å². The molecule has 37 heavy (non-hydrogen) atoms. The number of aromatic nitrogens is 4. The molecule has 0 spiro atoms. The van der Waals surface area contributed by atoms with Crippen LogP contribution in [-0.4, -0.2) is 33.7 Å². The third-order valence-corrected chi connectivity index (χ3v) is 7.39. The largest absolute Gasteiger partial charge is 0.416 e. The average Bonchev–Trinajstić information content (AvgIpc) is 3.53. The zero-order valence-corrected chi connectivity index (χ0v) is 20.1. The molecule has 0 unspecified atom stereocenters. The van der Waals surface area contributed by atoms with Crippen LogP contribution in [-0.2, 0) is 16.2 Å². The van der Waals surface area contributed by atoms with Crippen LogP contribution in [0.2, 0.25) is 0 Å². The first-order valence-corrected chi connectivity index (χ1v) is 12.8. The first-order chi connectivity index (χ1) is 17.6. The zero-order chi connectivity index (χ0) is 26.2. The maximum atomic E-state index is 12.9. The summed E-state index contributed by atoms with van der Waals surface area (Å²) >= 11 is 1.14. The maximum Gasteiger partial charge on any atom is 0.416 e. The number of imidazole rings is 1. The number of hydrogen-bond donors (Lipinski definition) is 2. The third kappa shape index (κ3) is 5.15. The molecular formula is C23H15F3N6O3S2. The van der Waals surface area contributed by atoms with E-state index in [1.54, 1.807) is 9.78 Å². The summed E-state index contributed by atoms with van der Waals surface area (Å²) in [4.78, 5) is 25.0. The molecule has 0 aliphatic heterocycles. The van der Waals surface area contributed by atoms with Gasteiger partial charge < -0.3 is 5.32 Å². The van der Waals surface area contributed by atoms with Crippen LogP contribution in [0, 0.1) is 0 Å². The van der Waals surface area contributed by atoms with Gasteiger partial charge in [-0.2, -0.15) is 13.2 Å². The van der Waals surface area contributed by atoms with Crippen LogP contribution < -0.4 is 10.0 Å². The fourth-order valence-corrected chi connectivity index (χ4v) is 5.20. The van der Waals surface area contributed by atoms with Crippen molar-refractivity contribution in [2.45, 2.75) is 11.1 Å². The Kier molecular flexibility index (Phi) is 6.13. The van der Waals surface area contributed by atoms with E-state index in [-0.39, 0.29) is 15.7 Å². The molecule has 0 saturated carbocycles. The summed E-state index contributed by atoms with van der Waals surface area (Å²) in [6.45, 7) is 0. The number of thiazole rings is 1. The molecule has 3 aromatic heterocycles. The number of sulfonamides is 1. The van der Waals surface area contributed by atoms with Gasteiger partial charge >= 0.3 is 6.18 Å². The molecule has 3 heterocycles. The second-order valence-corrected chi connectivity index (χ2v) is 10.2. The monoisotopic (exact) mass is 544 g/mol. The molecule has 0 bridgehead atoms. The van der Waals surface area contributed by atoms with Crippen molar-refractivity contribution in [1.82, 2.24) is 19.4 Å². The number of anilines is 2. The highest BCUT2D eigenvalue weighted by Gasteiger charge is 2.30. The van der Waals surface area contributed by atoms with Crippen molar-refractivity contribution in [2.75, 3.05) is 10.0 Å². The van der Waals surface area contributed by atoms with Gasteiger partial charge in [0.1, 0.15) is 5.69 Å². The molecule has 0 saturated heterocycles. The minimum atomic E-state index is -4.45. The van der Waals surface area contributed by atoms with Gasteiger partial charge in [0.2, 0.25) is 0 Å². The number of amides is 1. The van der Waals surface area contributed by atoms with E-state index in [0.717, 1.165) is 23.5 Å². The first-order valence-electron chi connectivity index (χ1n) is 10.4. The Balaban J connectivity index is 1.35. The predicted molar refractivity (Wildman–Crippen MR) is 131 cm³/mol. The zero-order valence-electron chi connectivity index (χ0n) is 18.5. The molecule has 14 heteroatoms. The Morgan fingerprint density at radius 2 is 1.68 bits per heavy atom. The van der Waals surface area contributed by atoms with E-state index < -0.39 is 27.7 Å². The normalized spacial score (nSPS) is 12.0. The van der Waals surface area contributed by atoms with Crippen molar-refractivity contribution in [3.8, 4) is 11.3 Å². The van der Waals surface area contributed by atoms with Crippen LogP contribution in [0.4, 0.5) is 24.0 Å². The molecule has 2 aromatic carbocycles. The van der Waals surface area contributed by atoms with Gasteiger partial charge in [-0.1, -0.05) is 12.1 Å². The summed E-state index contributed by atoms with van der Waals surface area (Å²) in [5.41, 5.74) is 0.913. The minimum Gasteiger partial charge on any atom is -0.321 e. The highest BCUT2D eigenvalue weighted by Crippen LogP contribution is 2.31. The summed E-state index contributed by atoms with van der Waals surface area (Å²) in [5.74, 6) is -0.578. The smallest absolute Gasteiger partial charge is 0.321 e. The van der Waals surface area contributed by atoms with Crippen molar-refractivity contribution < 1.29 is 26.4 Å². The molecule has 5 aromatic rings. The van der Waals surface area contributed by atoms with Gasteiger partial charge in [0.05, 0.1) is 28.5 Å². The van der Waals surface area contributed by atoms with Gasteiger partial charge in [0.25, 0.3) is 15.9 Å². The fourth-order valence-electron chi connectivity index (χ4n) is 3.41. The molecule has 0 atom stereocenters. The van der Waals surface area contributed by atoms with Crippen molar-refractivity contribution >= 4 is 43.7 Å². The Labute approximate surface area is 211 Å². The van der Waals surface area contributed by atoms with Gasteiger partial charge in [0.15, 0.2) is 10.8 Å². The number of nitrogens with one attached hydrogen (secondary N) is 2. The number of benzene rings is 2. The summed E-state index contributed by atoms with van der Waals surface area (Å²) in [7, 11) is -3.84. The molecule has 2 N–H and O–H groups in total. The van der Waals surface area contributed by atoms with Crippen molar-refractivity contribution in [3.63, 3.8) is 0 Å². The van der Waals surface area contributed by atoms with Gasteiger partial charge in [0, 0.05) is 29.0 Å². The lowest BCUT2D eigenvalue weighted by molar-refractivity contribution is -0.137. The highest BCUT2D eigenvalue weighted by atomic mass is 32.2. The molecular weight excluding hydrogens is 529 g/mol. The number of nitrogens with zero attached hydrogens (tertiary/aromatic N) is 4. The van der Waals surface area contributed by atoms with E-state index in [1.165, 1.54) is 61.2 Å². The van der Waals surface area contributed by atoms with Crippen molar-refractivity contribution in [1.29, 1.82) is 0 Å². The van der Waals surface area contributed by atoms with Gasteiger partial charge in [-0.3, -0.25) is 13.9 Å². The van der Waals surface area contributed by atoms with Crippen LogP contribution in [0.3, 0.4) is 0 Å². The quantitative estimate of drug-likeness (QED) is 0.313. The summed E-state index contributed by atoms with van der Waals surface area (Å²) < 4.78 is 67.5. The fraction of sp³-hybridized carbons (Fsp3) is 0.0435. The highest BCUT2D eigenvalue weighted by molar-refractivity contribution is 7.93. The number of carbonyl (C=O) groups is 1. The standard InChI is InChI=1S/C23H15F3N6O3S2/c24-23(25,26)15-3-1-14(2-4-15)19-11-29-20-12-28-18(13-32(19)20)21(33)30-16-5-7-17(8-6-16)37(34,35)31-22-27-9-10-36-22/h1-13H,(H,27,31)(H,30,33). The van der Waals surface area contributed by atoms with E-state index in [9.17, 15) is 26.4 Å². The SMILES string of the molecule is O=C(Nc1ccc(S(=O)(=O)Nc2nccs2)cc1)c1cn2c(-c3ccc(C(F)(F)F)cc3)cnc2cn1. The van der Waals surface area contributed by atoms with Crippen molar-refractivity contribution in [2.24, 2.45) is 0 Å². The lowest BCUT2D eigenvalue weighted by atomic mass is 10.1. The molecule has 188 valence electrons. The third-order valence-electron chi connectivity index (χ3n) is 5.21. The summed E-state index contributed by atoms with van der Waals surface area (Å²) in [5, 5.41) is 4.50. The lowest BCUT2D eigenvalue weighted by Crippen LogP contribution is -2.15. The van der Waals surface area contributed by atoms with Crippen LogP contribution >= 0.6 is 11.3 Å². The second kappa shape index (κ2) is 9.29. The molecule has 1 amide bonds. The average molecular weight is 545 g/mol. The predicted octanol–water partition coefficient (Wildman–Crippen LogP) is 4.92. The molecule has 0 aliphatic rings. The Morgan fingerprint density at radius 1 is 0.946 bits per heavy atom. The van der Waals surface area contributed by atoms with Gasteiger partial charge in [-0.25, -0.2) is 23.4 Å². The summed E-state index contributed by atoms with van der Waals surface area (Å²) in [6, 6.07) is 10.1. The van der Waals surface area contributed by atoms with Crippen LogP contribution in [0.25, 0.3) is 16.9 Å². The van der Waals surface area contributed by atoms with Gasteiger partial charge in [-0.15, -0.1) is 11.3 Å². The van der Waals surface area contributed by atoms with E-state index >= 15 is 0 Å². The molecule has 5 rings (SSSR count). The maximum absolute atomic E-state index is 12.9. The number of rotatable bonds is 6. The van der Waals surface area contributed by atoms with E-state index in [2.05, 4.69) is 25.0 Å². The Morgan fingerprint density at radius 3 is 2.32 bits per heavy atom. The molecule has 0 radical (unpaired) electrons. The Hall–Kier alpha value is -4.30. The van der Waals surface area contributed by atoms with E-state index in [0.29, 0.717) is 22.6 Å². The lowest BCUT2D eigenvalue weighted by Gasteiger charge is -2.09. The van der Waals surface area contributed by atoms with Crippen molar-refractivity contribution in [3.05, 3.63) is 90.0 Å². The summed E-state index contributed by atoms with van der Waals surface area (Å²) in [6.07, 6.45) is 1.28. The number of fused-ring (bicyclic) bond motifs is 1. The molecule has 9 nitrogen and oxygen atoms in total. The Bertz CT molecular complexity index is 1680. The van der Waals surface area contributed by atoms with Crippen LogP contribution in [0.5, 0.6) is 0 Å². The van der Waals surface area contributed by atoms with Crippen LogP contribution in [0.1, 0.15) is 16.1 Å². The molecule has 0 fully saturated rings. The van der Waals surface area contributed by atoms with Gasteiger partial charge in [-0.05, 0) is 36.4 Å². The number of hydrogen-bond acceptors (Lipinski definition) is 7. The van der Waals surface area contributed by atoms with E-state index in [1.807, 2.05) is 0 Å². The van der Waals surface area contributed by atoms with Crippen LogP contribution in [0.15, 0.2) is 83.6 Å². The minimum absolute atomic E-state index is 0.0140. The molecule has 0 aliphatic carbocycles. The first kappa shape index (κ1) is 24.4. The second-order valence-electron chi connectivity index (χ2n) is 7.64.